The quantitative estimate of drug-likeness (QED) is 0.736. The summed E-state index contributed by atoms with van der Waals surface area (Å²) in [6, 6.07) is 11.3. The lowest BCUT2D eigenvalue weighted by atomic mass is 9.95. The Morgan fingerprint density at radius 1 is 1.15 bits per heavy atom. The van der Waals surface area contributed by atoms with Crippen LogP contribution in [0.2, 0.25) is 0 Å². The van der Waals surface area contributed by atoms with Gasteiger partial charge >= 0.3 is 0 Å². The molecule has 0 atom stereocenters. The van der Waals surface area contributed by atoms with Crippen molar-refractivity contribution in [2.75, 3.05) is 12.4 Å². The standard InChI is InChI=1S/C20H24N4O2/c1-20(2,3)19-22-14(12-26-4)10-17(24-19)21-11-13-9-18(25)23-16-8-6-5-7-15(13)16/h5-10H,11-12H2,1-4H3,(H,23,25)(H,21,22,24). The molecule has 26 heavy (non-hydrogen) atoms. The van der Waals surface area contributed by atoms with Crippen molar-refractivity contribution in [3.05, 3.63) is 63.8 Å². The number of benzene rings is 1. The minimum Gasteiger partial charge on any atom is -0.378 e. The topological polar surface area (TPSA) is 79.9 Å². The van der Waals surface area contributed by atoms with Crippen LogP contribution in [0.15, 0.2) is 41.2 Å². The fourth-order valence-corrected chi connectivity index (χ4v) is 2.75. The maximum Gasteiger partial charge on any atom is 0.248 e. The predicted octanol–water partition coefficient (Wildman–Crippen LogP) is 3.37. The van der Waals surface area contributed by atoms with Crippen molar-refractivity contribution < 1.29 is 4.74 Å². The summed E-state index contributed by atoms with van der Waals surface area (Å²) in [5.74, 6) is 1.48. The van der Waals surface area contributed by atoms with Crippen molar-refractivity contribution in [1.29, 1.82) is 0 Å². The molecule has 0 bridgehead atoms. The molecule has 6 heteroatoms. The second-order valence-electron chi connectivity index (χ2n) is 7.31. The number of rotatable bonds is 5. The molecule has 2 aromatic heterocycles. The van der Waals surface area contributed by atoms with Crippen molar-refractivity contribution in [1.82, 2.24) is 15.0 Å². The van der Waals surface area contributed by atoms with Crippen LogP contribution >= 0.6 is 0 Å². The Labute approximate surface area is 152 Å². The highest BCUT2D eigenvalue weighted by Gasteiger charge is 2.19. The van der Waals surface area contributed by atoms with E-state index in [1.54, 1.807) is 13.2 Å². The minimum absolute atomic E-state index is 0.112. The van der Waals surface area contributed by atoms with Crippen LogP contribution in [-0.2, 0) is 23.3 Å². The lowest BCUT2D eigenvalue weighted by Gasteiger charge is -2.19. The number of fused-ring (bicyclic) bond motifs is 1. The number of nitrogens with one attached hydrogen (secondary N) is 2. The molecule has 2 heterocycles. The van der Waals surface area contributed by atoms with Crippen LogP contribution in [0.3, 0.4) is 0 Å². The molecule has 0 radical (unpaired) electrons. The SMILES string of the molecule is COCc1cc(NCc2cc(=O)[nH]c3ccccc23)nc(C(C)(C)C)n1. The number of hydrogen-bond donors (Lipinski definition) is 2. The summed E-state index contributed by atoms with van der Waals surface area (Å²) in [5.41, 5.74) is 2.30. The summed E-state index contributed by atoms with van der Waals surface area (Å²) in [7, 11) is 1.65. The third-order valence-electron chi connectivity index (χ3n) is 4.04. The van der Waals surface area contributed by atoms with Gasteiger partial charge in [-0.2, -0.15) is 0 Å². The molecule has 1 aromatic carbocycles. The number of aromatic nitrogens is 3. The smallest absolute Gasteiger partial charge is 0.248 e. The number of methoxy groups -OCH3 is 1. The first-order valence-electron chi connectivity index (χ1n) is 8.59. The number of nitrogens with zero attached hydrogens (tertiary/aromatic N) is 2. The average molecular weight is 352 g/mol. The number of H-pyrrole nitrogens is 1. The summed E-state index contributed by atoms with van der Waals surface area (Å²) in [4.78, 5) is 24.0. The van der Waals surface area contributed by atoms with Crippen LogP contribution in [0.5, 0.6) is 0 Å². The molecule has 0 fully saturated rings. The van der Waals surface area contributed by atoms with Gasteiger partial charge < -0.3 is 15.0 Å². The maximum absolute atomic E-state index is 11.9. The van der Waals surface area contributed by atoms with Crippen LogP contribution in [-0.4, -0.2) is 22.1 Å². The summed E-state index contributed by atoms with van der Waals surface area (Å²) in [6.07, 6.45) is 0. The van der Waals surface area contributed by atoms with E-state index in [1.807, 2.05) is 30.3 Å². The van der Waals surface area contributed by atoms with Gasteiger partial charge in [0.15, 0.2) is 0 Å². The van der Waals surface area contributed by atoms with E-state index >= 15 is 0 Å². The number of aromatic amines is 1. The Kier molecular flexibility index (Phi) is 5.04. The molecule has 0 aliphatic carbocycles. The minimum atomic E-state index is -0.170. The van der Waals surface area contributed by atoms with Crippen LogP contribution in [0.1, 0.15) is 37.9 Å². The molecule has 3 aromatic rings. The van der Waals surface area contributed by atoms with Crippen LogP contribution in [0, 0.1) is 0 Å². The fraction of sp³-hybridized carbons (Fsp3) is 0.350. The van der Waals surface area contributed by atoms with E-state index in [0.29, 0.717) is 13.2 Å². The van der Waals surface area contributed by atoms with Gasteiger partial charge in [0.05, 0.1) is 12.3 Å². The van der Waals surface area contributed by atoms with Crippen LogP contribution in [0.4, 0.5) is 5.82 Å². The third kappa shape index (κ3) is 4.08. The Morgan fingerprint density at radius 3 is 2.65 bits per heavy atom. The van der Waals surface area contributed by atoms with Crippen molar-refractivity contribution in [3.63, 3.8) is 0 Å². The lowest BCUT2D eigenvalue weighted by Crippen LogP contribution is -2.19. The largest absolute Gasteiger partial charge is 0.378 e. The Morgan fingerprint density at radius 2 is 1.92 bits per heavy atom. The predicted molar refractivity (Wildman–Crippen MR) is 103 cm³/mol. The van der Waals surface area contributed by atoms with Crippen LogP contribution < -0.4 is 10.9 Å². The van der Waals surface area contributed by atoms with Crippen molar-refractivity contribution in [3.8, 4) is 0 Å². The highest BCUT2D eigenvalue weighted by Crippen LogP contribution is 2.22. The van der Waals surface area contributed by atoms with Crippen molar-refractivity contribution in [2.45, 2.75) is 39.3 Å². The van der Waals surface area contributed by atoms with E-state index in [4.69, 9.17) is 4.74 Å². The van der Waals surface area contributed by atoms with Crippen molar-refractivity contribution in [2.24, 2.45) is 0 Å². The van der Waals surface area contributed by atoms with E-state index in [2.05, 4.69) is 41.0 Å². The first-order chi connectivity index (χ1) is 12.4. The number of anilines is 1. The van der Waals surface area contributed by atoms with Gasteiger partial charge in [0.2, 0.25) is 5.56 Å². The molecular weight excluding hydrogens is 328 g/mol. The van der Waals surface area contributed by atoms with E-state index in [-0.39, 0.29) is 11.0 Å². The van der Waals surface area contributed by atoms with Gasteiger partial charge in [-0.1, -0.05) is 39.0 Å². The van der Waals surface area contributed by atoms with Gasteiger partial charge in [0.25, 0.3) is 0 Å². The van der Waals surface area contributed by atoms with E-state index in [1.165, 1.54) is 0 Å². The Hall–Kier alpha value is -2.73. The Bertz CT molecular complexity index is 973. The average Bonchev–Trinajstić information content (AvgIpc) is 2.59. The first kappa shape index (κ1) is 18.1. The molecule has 136 valence electrons. The molecule has 0 unspecified atom stereocenters. The monoisotopic (exact) mass is 352 g/mol. The van der Waals surface area contributed by atoms with Gasteiger partial charge in [0.1, 0.15) is 11.6 Å². The summed E-state index contributed by atoms with van der Waals surface area (Å²) >= 11 is 0. The van der Waals surface area contributed by atoms with Gasteiger partial charge in [-0.25, -0.2) is 9.97 Å². The number of ether oxygens (including phenoxy) is 1. The zero-order valence-corrected chi connectivity index (χ0v) is 15.6. The lowest BCUT2D eigenvalue weighted by molar-refractivity contribution is 0.181. The second kappa shape index (κ2) is 7.25. The van der Waals surface area contributed by atoms with Gasteiger partial charge in [-0.05, 0) is 11.6 Å². The molecule has 0 saturated carbocycles. The van der Waals surface area contributed by atoms with E-state index in [0.717, 1.165) is 33.8 Å². The van der Waals surface area contributed by atoms with E-state index < -0.39 is 0 Å². The van der Waals surface area contributed by atoms with Gasteiger partial charge in [0, 0.05) is 42.1 Å². The number of para-hydroxylation sites is 1. The second-order valence-corrected chi connectivity index (χ2v) is 7.31. The number of hydrogen-bond acceptors (Lipinski definition) is 5. The third-order valence-corrected chi connectivity index (χ3v) is 4.04. The normalized spacial score (nSPS) is 11.7. The molecule has 0 spiro atoms. The molecule has 2 N–H and O–H groups in total. The molecule has 6 nitrogen and oxygen atoms in total. The molecule has 0 aliphatic heterocycles. The summed E-state index contributed by atoms with van der Waals surface area (Å²) in [5, 5.41) is 4.35. The summed E-state index contributed by atoms with van der Waals surface area (Å²) in [6.45, 7) is 7.15. The highest BCUT2D eigenvalue weighted by atomic mass is 16.5. The zero-order chi connectivity index (χ0) is 18.7. The van der Waals surface area contributed by atoms with Crippen LogP contribution in [0.25, 0.3) is 10.9 Å². The molecule has 0 aliphatic rings. The van der Waals surface area contributed by atoms with Gasteiger partial charge in [-0.3, -0.25) is 4.79 Å². The number of pyridine rings is 1. The molecule has 0 saturated heterocycles. The maximum atomic E-state index is 11.9. The first-order valence-corrected chi connectivity index (χ1v) is 8.59. The highest BCUT2D eigenvalue weighted by molar-refractivity contribution is 5.82. The van der Waals surface area contributed by atoms with E-state index in [9.17, 15) is 4.79 Å². The molecule has 3 rings (SSSR count). The molecule has 0 amide bonds. The fourth-order valence-electron chi connectivity index (χ4n) is 2.75. The molecular formula is C20H24N4O2. The Balaban J connectivity index is 1.92. The van der Waals surface area contributed by atoms with Gasteiger partial charge in [-0.15, -0.1) is 0 Å². The zero-order valence-electron chi connectivity index (χ0n) is 15.6. The van der Waals surface area contributed by atoms with Crippen molar-refractivity contribution >= 4 is 16.7 Å². The summed E-state index contributed by atoms with van der Waals surface area (Å²) < 4.78 is 5.22.